The Labute approximate surface area is 309 Å². The Kier molecular flexibility index (Phi) is 11.1. The van der Waals surface area contributed by atoms with E-state index in [0.717, 1.165) is 17.7 Å². The fourth-order valence-electron chi connectivity index (χ4n) is 6.62. The predicted molar refractivity (Wildman–Crippen MR) is 199 cm³/mol. The van der Waals surface area contributed by atoms with E-state index < -0.39 is 35.5 Å². The van der Waals surface area contributed by atoms with E-state index in [1.807, 2.05) is 0 Å². The molecule has 2 aromatic heterocycles. The van der Waals surface area contributed by atoms with Gasteiger partial charge in [-0.1, -0.05) is 6.07 Å². The molecule has 2 aliphatic heterocycles. The maximum absolute atomic E-state index is 15.2. The van der Waals surface area contributed by atoms with Crippen molar-refractivity contribution in [2.75, 3.05) is 35.2 Å². The number of rotatable bonds is 14. The summed E-state index contributed by atoms with van der Waals surface area (Å²) in [5.41, 5.74) is 14.7. The molecule has 8 N–H and O–H groups in total. The Morgan fingerprint density at radius 3 is 2.50 bits per heavy atom. The third-order valence-electron chi connectivity index (χ3n) is 9.58. The number of pyridine rings is 2. The Morgan fingerprint density at radius 2 is 1.70 bits per heavy atom. The van der Waals surface area contributed by atoms with Crippen LogP contribution >= 0.6 is 0 Å². The summed E-state index contributed by atoms with van der Waals surface area (Å²) in [6.07, 6.45) is 7.32. The van der Waals surface area contributed by atoms with Gasteiger partial charge in [0, 0.05) is 66.9 Å². The van der Waals surface area contributed by atoms with Gasteiger partial charge in [-0.3, -0.25) is 44.0 Å². The van der Waals surface area contributed by atoms with Crippen molar-refractivity contribution in [3.8, 4) is 11.1 Å². The average Bonchev–Trinajstić information content (AvgIpc) is 3.39. The number of amides is 6. The summed E-state index contributed by atoms with van der Waals surface area (Å²) in [6.45, 7) is 2.73. The van der Waals surface area contributed by atoms with Crippen molar-refractivity contribution in [3.05, 3.63) is 71.4 Å². The van der Waals surface area contributed by atoms with Gasteiger partial charge in [-0.05, 0) is 74.2 Å². The normalized spacial score (nSPS) is 15.3. The molecule has 16 heteroatoms. The summed E-state index contributed by atoms with van der Waals surface area (Å²) in [4.78, 5) is 84.4. The molecule has 54 heavy (non-hydrogen) atoms. The average molecular weight is 738 g/mol. The van der Waals surface area contributed by atoms with Gasteiger partial charge in [0.1, 0.15) is 11.9 Å². The third kappa shape index (κ3) is 7.82. The van der Waals surface area contributed by atoms with Gasteiger partial charge < -0.3 is 27.4 Å². The van der Waals surface area contributed by atoms with Crippen LogP contribution < -0.4 is 32.7 Å². The van der Waals surface area contributed by atoms with Crippen LogP contribution in [0.1, 0.15) is 77.6 Å². The van der Waals surface area contributed by atoms with Gasteiger partial charge in [-0.15, -0.1) is 0 Å². The summed E-state index contributed by atoms with van der Waals surface area (Å²) in [5, 5.41) is 11.9. The van der Waals surface area contributed by atoms with Crippen LogP contribution in [0.15, 0.2) is 48.9 Å². The SMILES string of the molecule is Cc1c(N)cncc1-c1cc2cc(NC(=O)CCCC(=O)NCCCCCNc3cccc4c3C(=O)N(C3CCC(=O)NC3=O)C4=O)ncc2c(N)c1F. The van der Waals surface area contributed by atoms with E-state index in [0.29, 0.717) is 59.2 Å². The van der Waals surface area contributed by atoms with E-state index in [1.165, 1.54) is 18.6 Å². The summed E-state index contributed by atoms with van der Waals surface area (Å²) in [5.74, 6) is -3.08. The minimum absolute atomic E-state index is 0.0481. The number of anilines is 4. The zero-order valence-corrected chi connectivity index (χ0v) is 29.6. The first kappa shape index (κ1) is 37.3. The zero-order chi connectivity index (χ0) is 38.5. The predicted octanol–water partition coefficient (Wildman–Crippen LogP) is 3.82. The molecule has 2 aliphatic rings. The van der Waals surface area contributed by atoms with Gasteiger partial charge in [0.25, 0.3) is 11.8 Å². The maximum atomic E-state index is 15.2. The number of hydrogen-bond acceptors (Lipinski definition) is 11. The topological polar surface area (TPSA) is 232 Å². The first-order valence-corrected chi connectivity index (χ1v) is 17.7. The number of benzene rings is 2. The number of nitrogens with zero attached hydrogens (tertiary/aromatic N) is 3. The summed E-state index contributed by atoms with van der Waals surface area (Å²) in [6, 6.07) is 7.10. The summed E-state index contributed by atoms with van der Waals surface area (Å²) < 4.78 is 15.2. The van der Waals surface area contributed by atoms with Crippen LogP contribution in [0.25, 0.3) is 21.9 Å². The standard InChI is InChI=1S/C38H40FN9O6/c1-20-24(17-42-19-26(20)40)23-15-21-16-29(45-18-25(21)35(41)34(23)39)46-31(50)10-6-9-30(49)44-14-4-2-3-13-43-27-8-5-7-22-33(27)38(54)48(37(22)53)28-11-12-32(51)47-36(28)52/h5,7-8,15-19,28,43H,2-4,6,9-14,40-41H2,1H3,(H,44,49)(H,45,46,50)(H,47,51,52). The van der Waals surface area contributed by atoms with E-state index in [2.05, 4.69) is 31.2 Å². The van der Waals surface area contributed by atoms with Crippen LogP contribution in [-0.2, 0) is 19.2 Å². The fraction of sp³-hybridized carbons (Fsp3) is 0.316. The summed E-state index contributed by atoms with van der Waals surface area (Å²) in [7, 11) is 0. The van der Waals surface area contributed by atoms with E-state index >= 15 is 4.39 Å². The molecule has 1 fully saturated rings. The number of nitrogens with one attached hydrogen (secondary N) is 4. The van der Waals surface area contributed by atoms with Gasteiger partial charge in [-0.25, -0.2) is 9.37 Å². The van der Waals surface area contributed by atoms with E-state index in [1.54, 1.807) is 37.3 Å². The number of hydrogen-bond donors (Lipinski definition) is 6. The van der Waals surface area contributed by atoms with Crippen LogP contribution in [0, 0.1) is 12.7 Å². The van der Waals surface area contributed by atoms with Crippen molar-refractivity contribution in [1.29, 1.82) is 0 Å². The lowest BCUT2D eigenvalue weighted by molar-refractivity contribution is -0.136. The van der Waals surface area contributed by atoms with E-state index in [4.69, 9.17) is 11.5 Å². The van der Waals surface area contributed by atoms with Crippen LogP contribution in [0.3, 0.4) is 0 Å². The van der Waals surface area contributed by atoms with Gasteiger partial charge in [0.15, 0.2) is 5.82 Å². The van der Waals surface area contributed by atoms with Crippen LogP contribution in [0.5, 0.6) is 0 Å². The van der Waals surface area contributed by atoms with Crippen molar-refractivity contribution in [1.82, 2.24) is 25.5 Å². The minimum Gasteiger partial charge on any atom is -0.397 e. The molecule has 4 heterocycles. The minimum atomic E-state index is -1.03. The maximum Gasteiger partial charge on any atom is 0.264 e. The highest BCUT2D eigenvalue weighted by Gasteiger charge is 2.45. The van der Waals surface area contributed by atoms with Gasteiger partial charge >= 0.3 is 0 Å². The molecule has 1 atom stereocenters. The number of nitrogens with two attached hydrogens (primary N) is 2. The molecular weight excluding hydrogens is 697 g/mol. The molecule has 280 valence electrons. The Bertz CT molecular complexity index is 2190. The highest BCUT2D eigenvalue weighted by molar-refractivity contribution is 6.25. The van der Waals surface area contributed by atoms with Crippen molar-refractivity contribution in [2.24, 2.45) is 0 Å². The lowest BCUT2D eigenvalue weighted by atomic mass is 9.97. The monoisotopic (exact) mass is 737 g/mol. The van der Waals surface area contributed by atoms with Crippen LogP contribution in [-0.4, -0.2) is 69.4 Å². The molecule has 0 radical (unpaired) electrons. The molecular formula is C38H40FN9O6. The van der Waals surface area contributed by atoms with E-state index in [9.17, 15) is 28.8 Å². The van der Waals surface area contributed by atoms with Crippen molar-refractivity contribution in [2.45, 2.75) is 64.3 Å². The second kappa shape index (κ2) is 16.1. The Morgan fingerprint density at radius 1 is 0.926 bits per heavy atom. The molecule has 2 aromatic carbocycles. The number of carbonyl (C=O) groups excluding carboxylic acids is 6. The van der Waals surface area contributed by atoms with Crippen molar-refractivity contribution in [3.63, 3.8) is 0 Å². The largest absolute Gasteiger partial charge is 0.397 e. The van der Waals surface area contributed by atoms with E-state index in [-0.39, 0.29) is 65.7 Å². The third-order valence-corrected chi connectivity index (χ3v) is 9.58. The quantitative estimate of drug-likeness (QED) is 0.0619. The lowest BCUT2D eigenvalue weighted by Gasteiger charge is -2.27. The molecule has 1 unspecified atom stereocenters. The van der Waals surface area contributed by atoms with Crippen molar-refractivity contribution < 1.29 is 33.2 Å². The molecule has 4 aromatic rings. The highest BCUT2D eigenvalue weighted by Crippen LogP contribution is 2.36. The molecule has 1 saturated heterocycles. The van der Waals surface area contributed by atoms with Gasteiger partial charge in [-0.2, -0.15) is 0 Å². The van der Waals surface area contributed by atoms with Crippen LogP contribution in [0.4, 0.5) is 27.3 Å². The molecule has 15 nitrogen and oxygen atoms in total. The lowest BCUT2D eigenvalue weighted by Crippen LogP contribution is -2.54. The summed E-state index contributed by atoms with van der Waals surface area (Å²) >= 11 is 0. The van der Waals surface area contributed by atoms with Crippen LogP contribution in [0.2, 0.25) is 0 Å². The Balaban J connectivity index is 0.900. The molecule has 6 rings (SSSR count). The molecule has 0 bridgehead atoms. The number of aromatic nitrogens is 2. The van der Waals surface area contributed by atoms with Gasteiger partial charge in [0.2, 0.25) is 23.6 Å². The number of halogens is 1. The number of piperidine rings is 1. The first-order valence-electron chi connectivity index (χ1n) is 17.7. The molecule has 0 aliphatic carbocycles. The number of carbonyl (C=O) groups is 6. The zero-order valence-electron chi connectivity index (χ0n) is 29.6. The number of nitrogen functional groups attached to an aromatic ring is 2. The van der Waals surface area contributed by atoms with Crippen molar-refractivity contribution >= 4 is 69.1 Å². The second-order valence-corrected chi connectivity index (χ2v) is 13.3. The number of imide groups is 2. The number of fused-ring (bicyclic) bond motifs is 2. The highest BCUT2D eigenvalue weighted by atomic mass is 19.1. The molecule has 6 amide bonds. The van der Waals surface area contributed by atoms with Gasteiger partial charge in [0.05, 0.1) is 28.7 Å². The Hall–Kier alpha value is -6.45. The first-order chi connectivity index (χ1) is 25.9. The number of unbranched alkanes of at least 4 members (excludes halogenated alkanes) is 2. The fourth-order valence-corrected chi connectivity index (χ4v) is 6.62. The molecule has 0 spiro atoms. The second-order valence-electron chi connectivity index (χ2n) is 13.3. The molecule has 0 saturated carbocycles. The smallest absolute Gasteiger partial charge is 0.264 e.